The maximum atomic E-state index is 13.7. The zero-order chi connectivity index (χ0) is 26.5. The zero-order valence-corrected chi connectivity index (χ0v) is 23.3. The summed E-state index contributed by atoms with van der Waals surface area (Å²) in [4.78, 5) is 36.2. The van der Waals surface area contributed by atoms with Crippen molar-refractivity contribution in [1.29, 1.82) is 0 Å². The number of nitrogens with zero attached hydrogens (tertiary/aromatic N) is 4. The first-order valence-corrected chi connectivity index (χ1v) is 13.7. The minimum absolute atomic E-state index is 0.180. The Morgan fingerprint density at radius 2 is 1.78 bits per heavy atom. The number of amides is 1. The number of carbonyl (C=O) groups is 1. The molecule has 1 fully saturated rings. The largest absolute Gasteiger partial charge is 0.497 e. The van der Waals surface area contributed by atoms with E-state index < -0.39 is 0 Å². The van der Waals surface area contributed by atoms with Crippen LogP contribution in [0.25, 0.3) is 11.7 Å². The Bertz CT molecular complexity index is 1390. The summed E-state index contributed by atoms with van der Waals surface area (Å²) in [5.41, 5.74) is 2.86. The van der Waals surface area contributed by atoms with Crippen molar-refractivity contribution in [2.24, 2.45) is 0 Å². The lowest BCUT2D eigenvalue weighted by atomic mass is 10.1. The van der Waals surface area contributed by atoms with Crippen LogP contribution in [0.1, 0.15) is 43.4 Å². The van der Waals surface area contributed by atoms with Crippen LogP contribution >= 0.6 is 24.0 Å². The molecule has 3 aromatic rings. The maximum absolute atomic E-state index is 13.7. The number of hydrogen-bond acceptors (Lipinski definition) is 7. The van der Waals surface area contributed by atoms with E-state index >= 15 is 0 Å². The van der Waals surface area contributed by atoms with Gasteiger partial charge in [0.1, 0.15) is 21.5 Å². The number of carbonyl (C=O) groups excluding carboxylic acids is 1. The lowest BCUT2D eigenvalue weighted by molar-refractivity contribution is -0.122. The third-order valence-corrected chi connectivity index (χ3v) is 7.58. The second-order valence-corrected chi connectivity index (χ2v) is 10.7. The number of rotatable bonds is 10. The van der Waals surface area contributed by atoms with Crippen molar-refractivity contribution in [3.63, 3.8) is 0 Å². The fourth-order valence-corrected chi connectivity index (χ4v) is 5.63. The molecule has 194 valence electrons. The van der Waals surface area contributed by atoms with E-state index in [1.165, 1.54) is 11.8 Å². The molecular weight excluding hydrogens is 504 g/mol. The van der Waals surface area contributed by atoms with E-state index in [4.69, 9.17) is 21.9 Å². The van der Waals surface area contributed by atoms with Gasteiger partial charge in [-0.15, -0.1) is 0 Å². The van der Waals surface area contributed by atoms with Crippen molar-refractivity contribution in [1.82, 2.24) is 14.3 Å². The van der Waals surface area contributed by atoms with E-state index in [0.29, 0.717) is 39.2 Å². The SMILES string of the molecule is CCCN(CCC)c1nc2ccc(C)cn2c(=O)c1/C=C1\SC(=S)N(CCc2ccc(OC)cc2)C1=O. The van der Waals surface area contributed by atoms with Crippen molar-refractivity contribution in [3.8, 4) is 5.75 Å². The normalized spacial score (nSPS) is 14.7. The molecule has 0 spiro atoms. The molecule has 9 heteroatoms. The topological polar surface area (TPSA) is 67.2 Å². The summed E-state index contributed by atoms with van der Waals surface area (Å²) in [5.74, 6) is 1.22. The second-order valence-electron chi connectivity index (χ2n) is 9.01. The molecule has 0 radical (unpaired) electrons. The highest BCUT2D eigenvalue weighted by Crippen LogP contribution is 2.33. The first-order chi connectivity index (χ1) is 17.9. The summed E-state index contributed by atoms with van der Waals surface area (Å²) in [6, 6.07) is 11.6. The van der Waals surface area contributed by atoms with Gasteiger partial charge in [-0.05, 0) is 61.6 Å². The van der Waals surface area contributed by atoms with E-state index in [1.807, 2.05) is 43.3 Å². The minimum atomic E-state index is -0.190. The van der Waals surface area contributed by atoms with Crippen LogP contribution in [-0.2, 0) is 11.2 Å². The molecule has 0 unspecified atom stereocenters. The first-order valence-electron chi connectivity index (χ1n) is 12.5. The van der Waals surface area contributed by atoms with Crippen molar-refractivity contribution in [3.05, 3.63) is 74.5 Å². The van der Waals surface area contributed by atoms with Crippen LogP contribution in [0.3, 0.4) is 0 Å². The standard InChI is InChI=1S/C28H32N4O3S2/c1-5-14-30(15-6-2)25-22(26(33)32-18-19(3)7-12-24(32)29-25)17-23-27(34)31(28(36)37-23)16-13-20-8-10-21(35-4)11-9-20/h7-12,17-18H,5-6,13-16H2,1-4H3/b23-17-. The monoisotopic (exact) mass is 536 g/mol. The van der Waals surface area contributed by atoms with Crippen LogP contribution in [0.2, 0.25) is 0 Å². The van der Waals surface area contributed by atoms with Crippen LogP contribution < -0.4 is 15.2 Å². The number of thioether (sulfide) groups is 1. The van der Waals surface area contributed by atoms with E-state index in [1.54, 1.807) is 28.7 Å². The molecule has 1 amide bonds. The number of aryl methyl sites for hydroxylation is 1. The predicted octanol–water partition coefficient (Wildman–Crippen LogP) is 5.08. The second kappa shape index (κ2) is 11.9. The van der Waals surface area contributed by atoms with E-state index in [2.05, 4.69) is 18.7 Å². The molecule has 1 saturated heterocycles. The molecule has 0 atom stereocenters. The van der Waals surface area contributed by atoms with Gasteiger partial charge in [0.2, 0.25) is 0 Å². The van der Waals surface area contributed by atoms with Crippen molar-refractivity contribution >= 4 is 51.7 Å². The predicted molar refractivity (Wildman–Crippen MR) is 156 cm³/mol. The van der Waals surface area contributed by atoms with Gasteiger partial charge in [0.25, 0.3) is 11.5 Å². The average molecular weight is 537 g/mol. The summed E-state index contributed by atoms with van der Waals surface area (Å²) in [7, 11) is 1.63. The number of ether oxygens (including phenoxy) is 1. The van der Waals surface area contributed by atoms with Gasteiger partial charge < -0.3 is 9.64 Å². The van der Waals surface area contributed by atoms with E-state index in [-0.39, 0.29) is 11.5 Å². The Balaban J connectivity index is 1.69. The third-order valence-electron chi connectivity index (χ3n) is 6.20. The van der Waals surface area contributed by atoms with Crippen molar-refractivity contribution in [2.75, 3.05) is 31.6 Å². The molecule has 1 aromatic carbocycles. The molecule has 37 heavy (non-hydrogen) atoms. The highest BCUT2D eigenvalue weighted by atomic mass is 32.2. The van der Waals surface area contributed by atoms with Gasteiger partial charge in [0.15, 0.2) is 0 Å². The third kappa shape index (κ3) is 5.88. The van der Waals surface area contributed by atoms with E-state index in [9.17, 15) is 9.59 Å². The Kier molecular flexibility index (Phi) is 8.66. The number of anilines is 1. The maximum Gasteiger partial charge on any atom is 0.267 e. The number of benzene rings is 1. The number of pyridine rings is 1. The smallest absolute Gasteiger partial charge is 0.267 e. The molecule has 1 aliphatic rings. The quantitative estimate of drug-likeness (QED) is 0.264. The fourth-order valence-electron chi connectivity index (χ4n) is 4.33. The summed E-state index contributed by atoms with van der Waals surface area (Å²) >= 11 is 6.79. The van der Waals surface area contributed by atoms with Gasteiger partial charge in [0, 0.05) is 25.8 Å². The number of hydrogen-bond donors (Lipinski definition) is 0. The van der Waals surface area contributed by atoms with Gasteiger partial charge in [0.05, 0.1) is 17.6 Å². The van der Waals surface area contributed by atoms with Crippen LogP contribution in [0.4, 0.5) is 5.82 Å². The lowest BCUT2D eigenvalue weighted by Gasteiger charge is -2.24. The van der Waals surface area contributed by atoms with Crippen LogP contribution in [0.15, 0.2) is 52.3 Å². The average Bonchev–Trinajstić information content (AvgIpc) is 3.16. The Hall–Kier alpha value is -3.17. The molecule has 0 aliphatic carbocycles. The number of thiocarbonyl (C=S) groups is 1. The van der Waals surface area contributed by atoms with Gasteiger partial charge in [-0.2, -0.15) is 0 Å². The number of aromatic nitrogens is 2. The fraction of sp³-hybridized carbons (Fsp3) is 0.357. The van der Waals surface area contributed by atoms with Gasteiger partial charge >= 0.3 is 0 Å². The molecule has 3 heterocycles. The summed E-state index contributed by atoms with van der Waals surface area (Å²) in [5, 5.41) is 0. The Morgan fingerprint density at radius 1 is 1.08 bits per heavy atom. The zero-order valence-electron chi connectivity index (χ0n) is 21.7. The summed E-state index contributed by atoms with van der Waals surface area (Å²) in [6.45, 7) is 8.15. The van der Waals surface area contributed by atoms with E-state index in [0.717, 1.165) is 42.8 Å². The Labute approximate surface area is 227 Å². The molecule has 0 N–H and O–H groups in total. The number of fused-ring (bicyclic) bond motifs is 1. The van der Waals surface area contributed by atoms with Gasteiger partial charge in [-0.1, -0.05) is 56.0 Å². The molecule has 4 rings (SSSR count). The molecule has 0 bridgehead atoms. The van der Waals surface area contributed by atoms with Crippen LogP contribution in [0, 0.1) is 6.92 Å². The van der Waals surface area contributed by atoms with Crippen LogP contribution in [-0.4, -0.2) is 51.3 Å². The summed E-state index contributed by atoms with van der Waals surface area (Å²) < 4.78 is 7.28. The van der Waals surface area contributed by atoms with Gasteiger partial charge in [-0.3, -0.25) is 18.9 Å². The Morgan fingerprint density at radius 3 is 2.43 bits per heavy atom. The lowest BCUT2D eigenvalue weighted by Crippen LogP contribution is -2.31. The molecular formula is C28H32N4O3S2. The van der Waals surface area contributed by atoms with Crippen LogP contribution in [0.5, 0.6) is 5.75 Å². The first kappa shape index (κ1) is 26.9. The molecule has 2 aromatic heterocycles. The molecule has 7 nitrogen and oxygen atoms in total. The summed E-state index contributed by atoms with van der Waals surface area (Å²) in [6.07, 6.45) is 5.97. The van der Waals surface area contributed by atoms with Crippen molar-refractivity contribution < 1.29 is 9.53 Å². The molecule has 0 saturated carbocycles. The van der Waals surface area contributed by atoms with Crippen molar-refractivity contribution in [2.45, 2.75) is 40.0 Å². The van der Waals surface area contributed by atoms with Gasteiger partial charge in [-0.25, -0.2) is 4.98 Å². The number of methoxy groups -OCH3 is 1. The molecule has 1 aliphatic heterocycles. The highest BCUT2D eigenvalue weighted by molar-refractivity contribution is 8.26. The minimum Gasteiger partial charge on any atom is -0.497 e. The highest BCUT2D eigenvalue weighted by Gasteiger charge is 2.32.